The number of hydrogen-bond acceptors (Lipinski definition) is 9. The van der Waals surface area contributed by atoms with Crippen LogP contribution in [0.25, 0.3) is 11.1 Å². The molecule has 49 heavy (non-hydrogen) atoms. The highest BCUT2D eigenvalue weighted by molar-refractivity contribution is 5.95. The summed E-state index contributed by atoms with van der Waals surface area (Å²) in [6.45, 7) is 17.1. The zero-order valence-corrected chi connectivity index (χ0v) is 28.8. The molecule has 0 radical (unpaired) electrons. The van der Waals surface area contributed by atoms with Gasteiger partial charge in [-0.3, -0.25) is 0 Å². The Hall–Kier alpha value is -5.38. The molecular weight excluding hydrogens is 628 g/mol. The Morgan fingerprint density at radius 1 is 0.673 bits per heavy atom. The summed E-state index contributed by atoms with van der Waals surface area (Å²) in [7, 11) is 0. The number of benzene rings is 3. The van der Waals surface area contributed by atoms with Gasteiger partial charge >= 0.3 is 23.9 Å². The normalized spacial score (nSPS) is 10.6. The first-order chi connectivity index (χ1) is 23.4. The predicted molar refractivity (Wildman–Crippen MR) is 186 cm³/mol. The number of aryl methyl sites for hydroxylation is 4. The summed E-state index contributed by atoms with van der Waals surface area (Å²) in [5.41, 5.74) is 5.33. The van der Waals surface area contributed by atoms with E-state index >= 15 is 0 Å². The van der Waals surface area contributed by atoms with E-state index in [1.807, 2.05) is 26.8 Å². The number of carboxylic acids is 1. The Balaban J connectivity index is 1.75. The molecule has 0 amide bonds. The Labute approximate surface area is 287 Å². The maximum absolute atomic E-state index is 13.2. The molecule has 0 aliphatic rings. The number of rotatable bonds is 18. The zero-order chi connectivity index (χ0) is 36.1. The summed E-state index contributed by atoms with van der Waals surface area (Å²) in [6.07, 6.45) is 4.77. The fraction of sp³-hybridized carbons (Fsp3) is 0.333. The van der Waals surface area contributed by atoms with Gasteiger partial charge in [-0.25, -0.2) is 19.2 Å². The maximum Gasteiger partial charge on any atom is 0.343 e. The highest BCUT2D eigenvalue weighted by atomic mass is 16.5. The number of ether oxygens (including phenoxy) is 5. The Morgan fingerprint density at radius 3 is 1.69 bits per heavy atom. The van der Waals surface area contributed by atoms with Crippen LogP contribution in [0.4, 0.5) is 0 Å². The van der Waals surface area contributed by atoms with Gasteiger partial charge in [-0.15, -0.1) is 0 Å². The lowest BCUT2D eigenvalue weighted by atomic mass is 9.91. The third-order valence-electron chi connectivity index (χ3n) is 7.71. The van der Waals surface area contributed by atoms with Gasteiger partial charge in [-0.05, 0) is 124 Å². The SMILES string of the molecule is C=CC(=O)OCCCCOc1c(C)cc(C(=O)Oc2ccc(-c3c(C)c(C(=O)O)cc(C)c3OCCCCOC(=O)C=C)cc2C)cc1C. The topological polar surface area (TPSA) is 135 Å². The van der Waals surface area contributed by atoms with Crippen LogP contribution in [-0.4, -0.2) is 55.4 Å². The van der Waals surface area contributed by atoms with Crippen molar-refractivity contribution in [3.63, 3.8) is 0 Å². The quantitative estimate of drug-likeness (QED) is 0.0623. The Morgan fingerprint density at radius 2 is 1.18 bits per heavy atom. The van der Waals surface area contributed by atoms with Crippen LogP contribution in [0.3, 0.4) is 0 Å². The second kappa shape index (κ2) is 18.2. The predicted octanol–water partition coefficient (Wildman–Crippen LogP) is 7.59. The third kappa shape index (κ3) is 10.6. The van der Waals surface area contributed by atoms with Crippen molar-refractivity contribution in [1.82, 2.24) is 0 Å². The van der Waals surface area contributed by atoms with Crippen molar-refractivity contribution < 1.29 is 48.0 Å². The number of hydrogen-bond donors (Lipinski definition) is 1. The van der Waals surface area contributed by atoms with E-state index < -0.39 is 23.9 Å². The molecule has 3 rings (SSSR count). The average Bonchev–Trinajstić information content (AvgIpc) is 3.06. The van der Waals surface area contributed by atoms with Crippen LogP contribution in [0, 0.1) is 34.6 Å². The lowest BCUT2D eigenvalue weighted by Gasteiger charge is -2.20. The molecule has 0 unspecified atom stereocenters. The Bertz CT molecular complexity index is 1700. The van der Waals surface area contributed by atoms with Gasteiger partial charge in [-0.1, -0.05) is 19.2 Å². The molecule has 10 heteroatoms. The molecule has 3 aromatic carbocycles. The van der Waals surface area contributed by atoms with E-state index in [-0.39, 0.29) is 18.8 Å². The van der Waals surface area contributed by atoms with Crippen LogP contribution in [0.15, 0.2) is 61.7 Å². The second-order valence-corrected chi connectivity index (χ2v) is 11.5. The molecule has 0 aliphatic heterocycles. The lowest BCUT2D eigenvalue weighted by molar-refractivity contribution is -0.138. The monoisotopic (exact) mass is 672 g/mol. The van der Waals surface area contributed by atoms with E-state index in [4.69, 9.17) is 23.7 Å². The fourth-order valence-electron chi connectivity index (χ4n) is 5.24. The Kier molecular flexibility index (Phi) is 14.2. The molecule has 3 aromatic rings. The van der Waals surface area contributed by atoms with E-state index in [2.05, 4.69) is 13.2 Å². The number of aromatic carboxylic acids is 1. The number of carboxylic acid groups (broad SMARTS) is 1. The first kappa shape index (κ1) is 38.1. The summed E-state index contributed by atoms with van der Waals surface area (Å²) in [5.74, 6) is -0.907. The van der Waals surface area contributed by atoms with Crippen LogP contribution < -0.4 is 14.2 Å². The van der Waals surface area contributed by atoms with Crippen molar-refractivity contribution in [2.24, 2.45) is 0 Å². The largest absolute Gasteiger partial charge is 0.493 e. The molecule has 0 aromatic heterocycles. The highest BCUT2D eigenvalue weighted by Crippen LogP contribution is 2.40. The maximum atomic E-state index is 13.2. The lowest BCUT2D eigenvalue weighted by Crippen LogP contribution is -2.11. The molecule has 10 nitrogen and oxygen atoms in total. The molecule has 0 fully saturated rings. The molecule has 0 heterocycles. The summed E-state index contributed by atoms with van der Waals surface area (Å²) < 4.78 is 27.9. The third-order valence-corrected chi connectivity index (χ3v) is 7.71. The van der Waals surface area contributed by atoms with Gasteiger partial charge in [0.25, 0.3) is 0 Å². The van der Waals surface area contributed by atoms with E-state index in [0.29, 0.717) is 89.5 Å². The molecular formula is C39H44O10. The van der Waals surface area contributed by atoms with Gasteiger partial charge in [0.2, 0.25) is 0 Å². The number of carbonyl (C=O) groups excluding carboxylic acids is 3. The highest BCUT2D eigenvalue weighted by Gasteiger charge is 2.21. The van der Waals surface area contributed by atoms with Gasteiger partial charge in [0.05, 0.1) is 37.6 Å². The summed E-state index contributed by atoms with van der Waals surface area (Å²) in [5, 5.41) is 9.88. The zero-order valence-electron chi connectivity index (χ0n) is 28.8. The van der Waals surface area contributed by atoms with Crippen molar-refractivity contribution >= 4 is 23.9 Å². The standard InChI is InChI=1S/C39H44O10/c1-8-33(40)45-16-10-12-18-47-36-25(4)21-30(22-26(36)5)39(44)49-32-15-14-29(20-24(32)3)35-28(7)31(38(42)43)23-27(6)37(35)48-19-13-11-17-46-34(41)9-2/h8-9,14-15,20-23H,1-2,10-13,16-19H2,3-7H3,(H,42,43). The molecule has 0 saturated carbocycles. The molecule has 0 saturated heterocycles. The minimum atomic E-state index is -1.05. The first-order valence-corrected chi connectivity index (χ1v) is 16.0. The van der Waals surface area contributed by atoms with Crippen LogP contribution in [-0.2, 0) is 19.1 Å². The number of carbonyl (C=O) groups is 4. The molecule has 0 aliphatic carbocycles. The van der Waals surface area contributed by atoms with Gasteiger partial charge in [-0.2, -0.15) is 0 Å². The van der Waals surface area contributed by atoms with E-state index in [9.17, 15) is 24.3 Å². The van der Waals surface area contributed by atoms with Gasteiger partial charge in [0.15, 0.2) is 0 Å². The fourth-order valence-corrected chi connectivity index (χ4v) is 5.24. The van der Waals surface area contributed by atoms with Gasteiger partial charge < -0.3 is 28.8 Å². The van der Waals surface area contributed by atoms with E-state index in [1.165, 1.54) is 0 Å². The molecule has 1 N–H and O–H groups in total. The minimum Gasteiger partial charge on any atom is -0.493 e. The van der Waals surface area contributed by atoms with Crippen LogP contribution in [0.5, 0.6) is 17.2 Å². The minimum absolute atomic E-state index is 0.163. The summed E-state index contributed by atoms with van der Waals surface area (Å²) >= 11 is 0. The smallest absolute Gasteiger partial charge is 0.343 e. The number of unbranched alkanes of at least 4 members (excludes halogenated alkanes) is 2. The van der Waals surface area contributed by atoms with Crippen molar-refractivity contribution in [2.75, 3.05) is 26.4 Å². The number of esters is 3. The van der Waals surface area contributed by atoms with Crippen LogP contribution >= 0.6 is 0 Å². The van der Waals surface area contributed by atoms with Crippen molar-refractivity contribution in [2.45, 2.75) is 60.3 Å². The van der Waals surface area contributed by atoms with Crippen molar-refractivity contribution in [3.05, 3.63) is 101 Å². The van der Waals surface area contributed by atoms with Crippen LogP contribution in [0.2, 0.25) is 0 Å². The molecule has 260 valence electrons. The van der Waals surface area contributed by atoms with E-state index in [1.54, 1.807) is 44.2 Å². The molecule has 0 bridgehead atoms. The first-order valence-electron chi connectivity index (χ1n) is 16.0. The average molecular weight is 673 g/mol. The molecule has 0 atom stereocenters. The summed E-state index contributed by atoms with van der Waals surface area (Å²) in [6, 6.07) is 10.3. The van der Waals surface area contributed by atoms with Crippen molar-refractivity contribution in [1.29, 1.82) is 0 Å². The second-order valence-electron chi connectivity index (χ2n) is 11.5. The van der Waals surface area contributed by atoms with Crippen LogP contribution in [0.1, 0.15) is 74.2 Å². The molecule has 0 spiro atoms. The van der Waals surface area contributed by atoms with Crippen molar-refractivity contribution in [3.8, 4) is 28.4 Å². The van der Waals surface area contributed by atoms with Gasteiger partial charge in [0, 0.05) is 17.7 Å². The summed E-state index contributed by atoms with van der Waals surface area (Å²) in [4.78, 5) is 47.7. The van der Waals surface area contributed by atoms with Gasteiger partial charge in [0.1, 0.15) is 17.2 Å². The van der Waals surface area contributed by atoms with E-state index in [0.717, 1.165) is 23.3 Å².